The number of anilines is 1. The summed E-state index contributed by atoms with van der Waals surface area (Å²) < 4.78 is 5.87. The molecule has 128 valence electrons. The Labute approximate surface area is 156 Å². The number of carbonyl (C=O) groups is 2. The van der Waals surface area contributed by atoms with E-state index < -0.39 is 11.8 Å². The van der Waals surface area contributed by atoms with Gasteiger partial charge in [0.2, 0.25) is 0 Å². The van der Waals surface area contributed by atoms with Gasteiger partial charge >= 0.3 is 0 Å². The average Bonchev–Trinajstić information content (AvgIpc) is 2.86. The third-order valence-corrected chi connectivity index (χ3v) is 4.31. The molecule has 25 heavy (non-hydrogen) atoms. The molecule has 1 fully saturated rings. The highest BCUT2D eigenvalue weighted by Gasteiger charge is 2.34. The van der Waals surface area contributed by atoms with Crippen LogP contribution in [0, 0.1) is 0 Å². The largest absolute Gasteiger partial charge is 0.504 e. The Kier molecular flexibility index (Phi) is 4.69. The first kappa shape index (κ1) is 17.3. The molecule has 1 aliphatic heterocycles. The van der Waals surface area contributed by atoms with Crippen molar-refractivity contribution in [3.8, 4) is 11.5 Å². The first-order chi connectivity index (χ1) is 11.9. The molecule has 1 heterocycles. The van der Waals surface area contributed by atoms with E-state index in [1.807, 2.05) is 0 Å². The summed E-state index contributed by atoms with van der Waals surface area (Å²) in [6, 6.07) is 9.75. The van der Waals surface area contributed by atoms with Crippen LogP contribution in [0.25, 0.3) is 6.08 Å². The van der Waals surface area contributed by atoms with Crippen LogP contribution in [-0.4, -0.2) is 24.0 Å². The van der Waals surface area contributed by atoms with Gasteiger partial charge in [-0.15, -0.1) is 0 Å². The van der Waals surface area contributed by atoms with Gasteiger partial charge in [0, 0.05) is 21.1 Å². The Morgan fingerprint density at radius 3 is 2.56 bits per heavy atom. The van der Waals surface area contributed by atoms with Crippen molar-refractivity contribution in [3.05, 3.63) is 57.0 Å². The standard InChI is InChI=1S/C17H12BrClN2O4/c1-25-14-8-11(19)6-9(15(14)22)7-13-16(23)20-21(17(13)24)12-4-2-10(18)3-5-12/h2-8,22H,1H3,(H,20,23)/b13-7-. The van der Waals surface area contributed by atoms with Gasteiger partial charge in [-0.1, -0.05) is 27.5 Å². The molecule has 0 radical (unpaired) electrons. The van der Waals surface area contributed by atoms with Crippen LogP contribution in [-0.2, 0) is 9.59 Å². The van der Waals surface area contributed by atoms with E-state index in [9.17, 15) is 14.7 Å². The Balaban J connectivity index is 1.99. The van der Waals surface area contributed by atoms with Gasteiger partial charge in [-0.2, -0.15) is 0 Å². The van der Waals surface area contributed by atoms with Crippen LogP contribution in [0.15, 0.2) is 46.4 Å². The number of phenolic OH excluding ortho intramolecular Hbond substituents is 1. The van der Waals surface area contributed by atoms with Crippen molar-refractivity contribution in [3.63, 3.8) is 0 Å². The Hall–Kier alpha value is -2.51. The fourth-order valence-electron chi connectivity index (χ4n) is 2.34. The number of benzene rings is 2. The number of rotatable bonds is 3. The molecular weight excluding hydrogens is 412 g/mol. The highest BCUT2D eigenvalue weighted by atomic mass is 79.9. The summed E-state index contributed by atoms with van der Waals surface area (Å²) in [7, 11) is 1.38. The van der Waals surface area contributed by atoms with Crippen LogP contribution in [0.1, 0.15) is 5.56 Å². The number of methoxy groups -OCH3 is 1. The number of hydrogen-bond acceptors (Lipinski definition) is 4. The second-order valence-corrected chi connectivity index (χ2v) is 6.51. The molecule has 1 aliphatic rings. The number of phenols is 1. The molecule has 0 unspecified atom stereocenters. The van der Waals surface area contributed by atoms with Gasteiger partial charge in [-0.25, -0.2) is 5.01 Å². The minimum Gasteiger partial charge on any atom is -0.504 e. The lowest BCUT2D eigenvalue weighted by atomic mass is 10.1. The molecule has 0 aromatic heterocycles. The smallest absolute Gasteiger partial charge is 0.282 e. The van der Waals surface area contributed by atoms with Crippen molar-refractivity contribution < 1.29 is 19.4 Å². The number of carbonyl (C=O) groups excluding carboxylic acids is 2. The molecule has 0 bridgehead atoms. The minimum atomic E-state index is -0.578. The topological polar surface area (TPSA) is 78.9 Å². The van der Waals surface area contributed by atoms with Crippen molar-refractivity contribution in [1.82, 2.24) is 5.43 Å². The van der Waals surface area contributed by atoms with E-state index in [-0.39, 0.29) is 22.6 Å². The van der Waals surface area contributed by atoms with Crippen LogP contribution in [0.3, 0.4) is 0 Å². The lowest BCUT2D eigenvalue weighted by Gasteiger charge is -2.14. The molecule has 2 aromatic carbocycles. The van der Waals surface area contributed by atoms with E-state index in [0.29, 0.717) is 10.7 Å². The van der Waals surface area contributed by atoms with E-state index >= 15 is 0 Å². The first-order valence-electron chi connectivity index (χ1n) is 7.10. The van der Waals surface area contributed by atoms with E-state index in [2.05, 4.69) is 21.4 Å². The molecular formula is C17H12BrClN2O4. The van der Waals surface area contributed by atoms with Crippen molar-refractivity contribution in [2.75, 3.05) is 12.1 Å². The fraction of sp³-hybridized carbons (Fsp3) is 0.0588. The number of aromatic hydroxyl groups is 1. The summed E-state index contributed by atoms with van der Waals surface area (Å²) in [5, 5.41) is 11.6. The average molecular weight is 424 g/mol. The highest BCUT2D eigenvalue weighted by Crippen LogP contribution is 2.35. The highest BCUT2D eigenvalue weighted by molar-refractivity contribution is 9.10. The maximum absolute atomic E-state index is 12.6. The second-order valence-electron chi connectivity index (χ2n) is 5.16. The summed E-state index contributed by atoms with van der Waals surface area (Å²) >= 11 is 9.29. The molecule has 0 saturated carbocycles. The fourth-order valence-corrected chi connectivity index (χ4v) is 2.83. The molecule has 0 atom stereocenters. The van der Waals surface area contributed by atoms with E-state index in [0.717, 1.165) is 9.48 Å². The lowest BCUT2D eigenvalue weighted by Crippen LogP contribution is -2.35. The van der Waals surface area contributed by atoms with Crippen LogP contribution >= 0.6 is 27.5 Å². The normalized spacial score (nSPS) is 15.6. The number of halogens is 2. The Morgan fingerprint density at radius 2 is 1.92 bits per heavy atom. The van der Waals surface area contributed by atoms with Crippen molar-refractivity contribution in [2.45, 2.75) is 0 Å². The van der Waals surface area contributed by atoms with Gasteiger partial charge < -0.3 is 9.84 Å². The number of nitrogens with zero attached hydrogens (tertiary/aromatic N) is 1. The lowest BCUT2D eigenvalue weighted by molar-refractivity contribution is -0.117. The molecule has 6 nitrogen and oxygen atoms in total. The molecule has 0 spiro atoms. The van der Waals surface area contributed by atoms with Crippen LogP contribution in [0.4, 0.5) is 5.69 Å². The third kappa shape index (κ3) is 3.33. The summed E-state index contributed by atoms with van der Waals surface area (Å²) in [5.74, 6) is -1.17. The second kappa shape index (κ2) is 6.78. The maximum atomic E-state index is 12.6. The zero-order valence-corrected chi connectivity index (χ0v) is 15.3. The summed E-state index contributed by atoms with van der Waals surface area (Å²) in [6.07, 6.45) is 1.28. The third-order valence-electron chi connectivity index (χ3n) is 3.57. The zero-order valence-electron chi connectivity index (χ0n) is 12.9. The molecule has 8 heteroatoms. The van der Waals surface area contributed by atoms with E-state index in [1.54, 1.807) is 24.3 Å². The predicted octanol–water partition coefficient (Wildman–Crippen LogP) is 3.28. The summed E-state index contributed by atoms with van der Waals surface area (Å²) in [4.78, 5) is 24.8. The van der Waals surface area contributed by atoms with Gasteiger partial charge in [-0.3, -0.25) is 15.0 Å². The number of hydrazine groups is 1. The van der Waals surface area contributed by atoms with Crippen LogP contribution < -0.4 is 15.2 Å². The predicted molar refractivity (Wildman–Crippen MR) is 97.4 cm³/mol. The van der Waals surface area contributed by atoms with Crippen LogP contribution in [0.5, 0.6) is 11.5 Å². The zero-order chi connectivity index (χ0) is 18.1. The summed E-state index contributed by atoms with van der Waals surface area (Å²) in [5.41, 5.74) is 3.09. The summed E-state index contributed by atoms with van der Waals surface area (Å²) in [6.45, 7) is 0. The van der Waals surface area contributed by atoms with Crippen molar-refractivity contribution >= 4 is 51.1 Å². The van der Waals surface area contributed by atoms with Crippen molar-refractivity contribution in [1.29, 1.82) is 0 Å². The maximum Gasteiger partial charge on any atom is 0.282 e. The SMILES string of the molecule is COc1cc(Cl)cc(/C=C2/C(=O)NN(c3ccc(Br)cc3)C2=O)c1O. The number of amides is 2. The molecule has 0 aliphatic carbocycles. The van der Waals surface area contributed by atoms with Gasteiger partial charge in [0.25, 0.3) is 11.8 Å². The van der Waals surface area contributed by atoms with Gasteiger partial charge in [0.15, 0.2) is 11.5 Å². The van der Waals surface area contributed by atoms with Gasteiger partial charge in [0.1, 0.15) is 5.57 Å². The molecule has 3 rings (SSSR count). The van der Waals surface area contributed by atoms with Crippen LogP contribution in [0.2, 0.25) is 5.02 Å². The van der Waals surface area contributed by atoms with Gasteiger partial charge in [-0.05, 0) is 36.4 Å². The molecule has 2 N–H and O–H groups in total. The molecule has 2 aromatic rings. The first-order valence-corrected chi connectivity index (χ1v) is 8.27. The molecule has 2 amide bonds. The number of nitrogens with one attached hydrogen (secondary N) is 1. The van der Waals surface area contributed by atoms with Gasteiger partial charge in [0.05, 0.1) is 12.8 Å². The number of ether oxygens (including phenoxy) is 1. The van der Waals surface area contributed by atoms with Crippen molar-refractivity contribution in [2.24, 2.45) is 0 Å². The monoisotopic (exact) mass is 422 g/mol. The Bertz CT molecular complexity index is 896. The van der Waals surface area contributed by atoms with E-state index in [1.165, 1.54) is 25.3 Å². The molecule has 1 saturated heterocycles. The van der Waals surface area contributed by atoms with E-state index in [4.69, 9.17) is 16.3 Å². The minimum absolute atomic E-state index is 0.123. The Morgan fingerprint density at radius 1 is 1.24 bits per heavy atom. The quantitative estimate of drug-likeness (QED) is 0.587. The number of hydrogen-bond donors (Lipinski definition) is 2.